The molecule has 4 aromatic rings. The van der Waals surface area contributed by atoms with E-state index in [1.165, 1.54) is 94.2 Å². The Morgan fingerprint density at radius 2 is 1.17 bits per heavy atom. The molecule has 3 heteroatoms. The summed E-state index contributed by atoms with van der Waals surface area (Å²) in [7, 11) is 0. The molecule has 0 fully saturated rings. The molecule has 4 aromatic carbocycles. The zero-order valence-corrected chi connectivity index (χ0v) is 33.2. The third-order valence-electron chi connectivity index (χ3n) is 8.07. The SMILES string of the molecule is CC(C)(C)c1[c-]c2c(cc1)-c1ccc(C(C)(C)C)cc1C2.Cc1cc(C)cc([C](=[Zr+2])c2cc(C)cc(C)c2)c1.[C-]1=CC=CC1.[Cl-].[Cl-]. The topological polar surface area (TPSA) is 0 Å². The monoisotopic (exact) mass is 724 g/mol. The van der Waals surface area contributed by atoms with E-state index in [-0.39, 0.29) is 35.6 Å². The summed E-state index contributed by atoms with van der Waals surface area (Å²) in [4.78, 5) is 0. The summed E-state index contributed by atoms with van der Waals surface area (Å²) in [6, 6.07) is 28.8. The second-order valence-corrected chi connectivity index (χ2v) is 15.7. The first-order chi connectivity index (χ1) is 20.6. The van der Waals surface area contributed by atoms with E-state index < -0.39 is 0 Å². The van der Waals surface area contributed by atoms with Crippen molar-refractivity contribution in [1.29, 1.82) is 0 Å². The predicted octanol–water partition coefficient (Wildman–Crippen LogP) is 5.00. The molecule has 0 amide bonds. The predicted molar refractivity (Wildman–Crippen MR) is 188 cm³/mol. The second kappa shape index (κ2) is 16.7. The second-order valence-electron chi connectivity index (χ2n) is 14.4. The van der Waals surface area contributed by atoms with Crippen molar-refractivity contribution in [2.75, 3.05) is 0 Å². The van der Waals surface area contributed by atoms with Crippen molar-refractivity contribution >= 4 is 3.21 Å². The Balaban J connectivity index is 0.000000270. The van der Waals surface area contributed by atoms with E-state index in [1.54, 1.807) is 0 Å². The Labute approximate surface area is 307 Å². The zero-order valence-electron chi connectivity index (χ0n) is 29.3. The average molecular weight is 727 g/mol. The van der Waals surface area contributed by atoms with Gasteiger partial charge in [0.15, 0.2) is 0 Å². The van der Waals surface area contributed by atoms with Crippen molar-refractivity contribution in [3.8, 4) is 11.1 Å². The molecule has 0 unspecified atom stereocenters. The van der Waals surface area contributed by atoms with E-state index in [9.17, 15) is 0 Å². The summed E-state index contributed by atoms with van der Waals surface area (Å²) in [5, 5.41) is 0. The number of benzene rings is 4. The van der Waals surface area contributed by atoms with E-state index in [0.717, 1.165) is 12.8 Å². The normalized spacial score (nSPS) is 12.4. The Kier molecular flexibility index (Phi) is 14.5. The molecule has 0 bridgehead atoms. The van der Waals surface area contributed by atoms with E-state index in [1.807, 2.05) is 12.2 Å². The number of rotatable bonds is 2. The van der Waals surface area contributed by atoms with E-state index in [0.29, 0.717) is 0 Å². The van der Waals surface area contributed by atoms with E-state index in [4.69, 9.17) is 0 Å². The number of fused-ring (bicyclic) bond motifs is 3. The van der Waals surface area contributed by atoms with Gasteiger partial charge in [-0.2, -0.15) is 29.8 Å². The van der Waals surface area contributed by atoms with Gasteiger partial charge in [0.2, 0.25) is 0 Å². The van der Waals surface area contributed by atoms with Crippen LogP contribution in [0.2, 0.25) is 0 Å². The fraction of sp³-hybridized carbons (Fsp3) is 0.326. The van der Waals surface area contributed by atoms with Gasteiger partial charge in [-0.25, -0.2) is 12.2 Å². The molecule has 6 rings (SSSR count). The van der Waals surface area contributed by atoms with Crippen LogP contribution in [-0.2, 0) is 41.5 Å². The first kappa shape index (κ1) is 39.9. The van der Waals surface area contributed by atoms with Gasteiger partial charge in [0, 0.05) is 0 Å². The van der Waals surface area contributed by atoms with Gasteiger partial charge in [0.1, 0.15) is 0 Å². The van der Waals surface area contributed by atoms with Crippen LogP contribution in [0.15, 0.2) is 85.0 Å². The standard InChI is InChI=1S/C21H25.C17H18.C5H5.2ClH.Zr/c1-20(2,3)16-7-9-18-14(12-16)11-15-13-17(21(4,5)6)8-10-19(15)18;1-12-5-13(2)8-16(7-12)11-17-9-14(3)6-15(4)10-17;1-2-4-5-3-1;;;/h7-10,12H,11H2,1-6H3;5-10H,1-4H3;1-3H,4H2;2*1H;/q-1;;-1;;;+2/p-2. The van der Waals surface area contributed by atoms with E-state index >= 15 is 0 Å². The summed E-state index contributed by atoms with van der Waals surface area (Å²) in [6.45, 7) is 22.3. The van der Waals surface area contributed by atoms with Crippen LogP contribution in [0.25, 0.3) is 11.1 Å². The number of hydrogen-bond acceptors (Lipinski definition) is 0. The van der Waals surface area contributed by atoms with Crippen LogP contribution in [0, 0.1) is 39.8 Å². The molecule has 0 atom stereocenters. The van der Waals surface area contributed by atoms with Crippen LogP contribution in [0.5, 0.6) is 0 Å². The van der Waals surface area contributed by atoms with Crippen molar-refractivity contribution in [3.05, 3.63) is 153 Å². The minimum Gasteiger partial charge on any atom is -1.00 e. The molecule has 2 aliphatic rings. The number of halogens is 2. The number of hydrogen-bond donors (Lipinski definition) is 0. The van der Waals surface area contributed by atoms with Crippen LogP contribution >= 0.6 is 0 Å². The maximum Gasteiger partial charge on any atom is -0.109 e. The van der Waals surface area contributed by atoms with Crippen LogP contribution in [0.1, 0.15) is 104 Å². The minimum atomic E-state index is 0. The molecular weight excluding hydrogens is 679 g/mol. The summed E-state index contributed by atoms with van der Waals surface area (Å²) in [6.07, 6.45) is 11.0. The Hall–Kier alpha value is -2.31. The van der Waals surface area contributed by atoms with Gasteiger partial charge in [-0.3, -0.25) is 6.08 Å². The average Bonchev–Trinajstić information content (AvgIpc) is 3.62. The van der Waals surface area contributed by atoms with Crippen molar-refractivity contribution in [2.24, 2.45) is 0 Å². The molecule has 240 valence electrons. The Morgan fingerprint density at radius 3 is 1.59 bits per heavy atom. The molecule has 0 heterocycles. The van der Waals surface area contributed by atoms with Crippen LogP contribution in [0.3, 0.4) is 0 Å². The largest absolute Gasteiger partial charge is 1.00 e. The van der Waals surface area contributed by atoms with Crippen molar-refractivity contribution in [2.45, 2.75) is 92.9 Å². The molecule has 0 N–H and O–H groups in total. The molecule has 0 radical (unpaired) electrons. The molecule has 46 heavy (non-hydrogen) atoms. The first-order valence-electron chi connectivity index (χ1n) is 15.8. The number of aryl methyl sites for hydroxylation is 4. The Morgan fingerprint density at radius 1 is 0.652 bits per heavy atom. The molecule has 0 aromatic heterocycles. The molecule has 2 aliphatic carbocycles. The van der Waals surface area contributed by atoms with Gasteiger partial charge >= 0.3 is 125 Å². The smallest absolute Gasteiger partial charge is 0.109 e. The van der Waals surface area contributed by atoms with Gasteiger partial charge < -0.3 is 24.8 Å². The van der Waals surface area contributed by atoms with Gasteiger partial charge in [0.05, 0.1) is 0 Å². The zero-order chi connectivity index (χ0) is 32.2. The van der Waals surface area contributed by atoms with Gasteiger partial charge in [-0.05, 0) is 28.4 Å². The Bertz CT molecular complexity index is 1560. The maximum atomic E-state index is 3.67. The summed E-state index contributed by atoms with van der Waals surface area (Å²) >= 11 is 1.47. The molecular formula is C43H48Cl2Zr-2. The fourth-order valence-corrected chi connectivity index (χ4v) is 6.48. The first-order valence-corrected chi connectivity index (χ1v) is 17.0. The van der Waals surface area contributed by atoms with Gasteiger partial charge in [-0.15, -0.1) is 17.5 Å². The van der Waals surface area contributed by atoms with Crippen LogP contribution < -0.4 is 24.8 Å². The maximum absolute atomic E-state index is 3.67. The summed E-state index contributed by atoms with van der Waals surface area (Å²) < 4.78 is 1.45. The molecule has 0 saturated heterocycles. The quantitative estimate of drug-likeness (QED) is 0.225. The van der Waals surface area contributed by atoms with Gasteiger partial charge in [-0.1, -0.05) is 65.3 Å². The minimum absolute atomic E-state index is 0. The molecule has 0 aliphatic heterocycles. The van der Waals surface area contributed by atoms with Crippen molar-refractivity contribution < 1.29 is 49.0 Å². The van der Waals surface area contributed by atoms with Gasteiger partial charge in [0.25, 0.3) is 0 Å². The van der Waals surface area contributed by atoms with Crippen LogP contribution in [0.4, 0.5) is 0 Å². The third-order valence-corrected chi connectivity index (χ3v) is 9.49. The summed E-state index contributed by atoms with van der Waals surface area (Å²) in [5.74, 6) is 0. The van der Waals surface area contributed by atoms with Crippen molar-refractivity contribution in [1.82, 2.24) is 0 Å². The summed E-state index contributed by atoms with van der Waals surface area (Å²) in [5.41, 5.74) is 16.8. The third kappa shape index (κ3) is 10.6. The van der Waals surface area contributed by atoms with Crippen molar-refractivity contribution in [3.63, 3.8) is 0 Å². The molecule has 0 spiro atoms. The number of allylic oxidation sites excluding steroid dienone is 4. The molecule has 0 nitrogen and oxygen atoms in total. The van der Waals surface area contributed by atoms with E-state index in [2.05, 4.69) is 154 Å². The van der Waals surface area contributed by atoms with Crippen LogP contribution in [-0.4, -0.2) is 3.21 Å². The fourth-order valence-electron chi connectivity index (χ4n) is 5.77. The molecule has 0 saturated carbocycles.